The zero-order valence-electron chi connectivity index (χ0n) is 23.3. The number of phosphoric acid groups is 3. The van der Waals surface area contributed by atoms with Gasteiger partial charge in [-0.1, -0.05) is 0 Å². The molecule has 0 bridgehead atoms. The number of ether oxygens (including phenoxy) is 2. The maximum absolute atomic E-state index is 12.9. The molecule has 0 radical (unpaired) electrons. The maximum Gasteiger partial charge on any atom is 0.490 e. The number of nitrogens with two attached hydrogens (primary N) is 2. The lowest BCUT2D eigenvalue weighted by molar-refractivity contribution is -0.300. The first-order valence-electron chi connectivity index (χ1n) is 13.1. The molecule has 5 unspecified atom stereocenters. The number of aromatic nitrogens is 2. The average molecular weight is 710 g/mol. The van der Waals surface area contributed by atoms with Gasteiger partial charge in [-0.05, 0) is 25.9 Å². The fourth-order valence-corrected chi connectivity index (χ4v) is 8.50. The third kappa shape index (κ3) is 7.85. The Morgan fingerprint density at radius 2 is 1.78 bits per heavy atom. The van der Waals surface area contributed by atoms with Crippen LogP contribution in [0.3, 0.4) is 0 Å². The van der Waals surface area contributed by atoms with Gasteiger partial charge in [0, 0.05) is 0 Å². The van der Waals surface area contributed by atoms with Gasteiger partial charge < -0.3 is 56.2 Å². The van der Waals surface area contributed by atoms with E-state index in [1.807, 2.05) is 0 Å². The highest BCUT2D eigenvalue weighted by Crippen LogP contribution is 2.67. The number of nitrogens with zero attached hydrogens (tertiary/aromatic N) is 5. The normalized spacial score (nSPS) is 34.8. The van der Waals surface area contributed by atoms with Crippen LogP contribution in [-0.2, 0) is 36.3 Å². The van der Waals surface area contributed by atoms with E-state index in [-0.39, 0.29) is 30.4 Å². The number of hydrogen-bond donors (Lipinski definition) is 10. The quantitative estimate of drug-likeness (QED) is 0.0519. The molecule has 26 heteroatoms. The average Bonchev–Trinajstić information content (AvgIpc) is 3.45. The van der Waals surface area contributed by atoms with Crippen LogP contribution in [0.1, 0.15) is 12.8 Å². The molecule has 9 atom stereocenters. The van der Waals surface area contributed by atoms with Crippen molar-refractivity contribution in [2.24, 2.45) is 10.7 Å². The molecule has 45 heavy (non-hydrogen) atoms. The predicted molar refractivity (Wildman–Crippen MR) is 149 cm³/mol. The van der Waals surface area contributed by atoms with E-state index < -0.39 is 84.3 Å². The van der Waals surface area contributed by atoms with Gasteiger partial charge in [-0.15, -0.1) is 0 Å². The Balaban J connectivity index is 1.79. The number of phosphoric ester groups is 1. The molecule has 0 aliphatic carbocycles. The molecule has 0 amide bonds. The number of unbranched alkanes of at least 4 members (excludes halogenated alkanes) is 1. The maximum atomic E-state index is 12.9. The largest absolute Gasteiger partial charge is 0.490 e. The van der Waals surface area contributed by atoms with Gasteiger partial charge >= 0.3 is 23.5 Å². The summed E-state index contributed by atoms with van der Waals surface area (Å²) in [5.74, 6) is -2.76. The number of anilines is 1. The van der Waals surface area contributed by atoms with E-state index in [1.54, 1.807) is 4.90 Å². The Kier molecular flexibility index (Phi) is 11.0. The molecule has 0 aromatic carbocycles. The van der Waals surface area contributed by atoms with Crippen LogP contribution in [0.2, 0.25) is 0 Å². The van der Waals surface area contributed by atoms with Crippen LogP contribution < -0.4 is 16.0 Å². The molecule has 1 aromatic heterocycles. The number of aliphatic hydroxyl groups excluding tert-OH is 4. The number of aliphatic hydroxyl groups is 4. The van der Waals surface area contributed by atoms with Gasteiger partial charge in [0.1, 0.15) is 18.5 Å². The smallest absolute Gasteiger partial charge is 0.394 e. The molecule has 3 aliphatic rings. The van der Waals surface area contributed by atoms with Gasteiger partial charge in [0.25, 0.3) is 5.82 Å². The van der Waals surface area contributed by atoms with Crippen LogP contribution >= 0.6 is 23.5 Å². The number of aliphatic imine (C=N–C) groups is 1. The summed E-state index contributed by atoms with van der Waals surface area (Å²) in [4.78, 5) is 51.7. The lowest BCUT2D eigenvalue weighted by Gasteiger charge is -2.50. The first-order chi connectivity index (χ1) is 20.9. The van der Waals surface area contributed by atoms with E-state index in [1.165, 1.54) is 6.34 Å². The Morgan fingerprint density at radius 1 is 1.07 bits per heavy atom. The van der Waals surface area contributed by atoms with Crippen molar-refractivity contribution in [3.8, 4) is 0 Å². The summed E-state index contributed by atoms with van der Waals surface area (Å²) in [6.07, 6.45) is -4.43. The van der Waals surface area contributed by atoms with Crippen molar-refractivity contribution in [3.05, 3.63) is 6.33 Å². The SMILES string of the molecule is NCCCCN1CC([N+]2([C@@H]3O[C@H](CO)[C@@H](O)[C@H]3O)C=Nc3c(N)ncnc32)OC(CO)(OP(=O)(O)OP(=O)(O)OP(=O)(O)O)C1. The van der Waals surface area contributed by atoms with E-state index >= 15 is 0 Å². The van der Waals surface area contributed by atoms with Crippen LogP contribution in [0.4, 0.5) is 17.3 Å². The summed E-state index contributed by atoms with van der Waals surface area (Å²) in [6.45, 7) is -2.07. The van der Waals surface area contributed by atoms with Crippen molar-refractivity contribution in [3.63, 3.8) is 0 Å². The molecular formula is C19H35N7O16P3+. The summed E-state index contributed by atoms with van der Waals surface area (Å²) in [5, 5.41) is 42.0. The monoisotopic (exact) mass is 710 g/mol. The molecular weight excluding hydrogens is 675 g/mol. The molecule has 1 aromatic rings. The highest BCUT2D eigenvalue weighted by atomic mass is 31.3. The van der Waals surface area contributed by atoms with Gasteiger partial charge in [-0.3, -0.25) is 9.64 Å². The minimum absolute atomic E-state index is 0.00146. The van der Waals surface area contributed by atoms with Gasteiger partial charge in [0.2, 0.25) is 24.6 Å². The molecule has 0 saturated carbocycles. The molecule has 2 saturated heterocycles. The fourth-order valence-electron chi connectivity index (χ4n) is 5.29. The van der Waals surface area contributed by atoms with E-state index in [0.29, 0.717) is 19.4 Å². The standard InChI is InChI=1S/C19H34N7O16P3/c20-3-1-2-4-25-5-12(39-19(7-25,8-28)40-44(34,35)42-45(36,37)41-43(31,32)33)26(18-15(30)14(29)11(6-27)38-18)10-24-13-16(21)22-9-23-17(13)26/h9-12,14-15,18,27-30H,1-8,20H2,(H5-,21,22,23,31,32,33,34,35,36,37)/p+1/t11-,12?,14-,15-,18-,19?,26?/m1/s1. The van der Waals surface area contributed by atoms with Crippen molar-refractivity contribution >= 4 is 47.1 Å². The van der Waals surface area contributed by atoms with Crippen molar-refractivity contribution in [1.29, 1.82) is 0 Å². The van der Waals surface area contributed by atoms with Crippen LogP contribution in [0.5, 0.6) is 0 Å². The van der Waals surface area contributed by atoms with E-state index in [4.69, 9.17) is 35.3 Å². The molecule has 4 heterocycles. The topological polar surface area (TPSA) is 353 Å². The second-order valence-electron chi connectivity index (χ2n) is 10.3. The number of hydrogen-bond acceptors (Lipinski definition) is 18. The third-order valence-corrected chi connectivity index (χ3v) is 11.0. The van der Waals surface area contributed by atoms with E-state index in [0.717, 1.165) is 6.33 Å². The zero-order valence-corrected chi connectivity index (χ0v) is 26.0. The first-order valence-corrected chi connectivity index (χ1v) is 17.7. The van der Waals surface area contributed by atoms with Crippen LogP contribution in [-0.4, -0.2) is 137 Å². The Hall–Kier alpha value is -1.40. The molecule has 2 fully saturated rings. The molecule has 23 nitrogen and oxygen atoms in total. The Morgan fingerprint density at radius 3 is 2.38 bits per heavy atom. The second kappa shape index (κ2) is 13.6. The van der Waals surface area contributed by atoms with Gasteiger partial charge in [0.15, 0.2) is 17.6 Å². The summed E-state index contributed by atoms with van der Waals surface area (Å²) >= 11 is 0. The highest BCUT2D eigenvalue weighted by molar-refractivity contribution is 7.66. The highest BCUT2D eigenvalue weighted by Gasteiger charge is 2.64. The number of morpholine rings is 1. The summed E-state index contributed by atoms with van der Waals surface area (Å²) < 4.78 is 59.8. The Labute approximate surface area is 254 Å². The van der Waals surface area contributed by atoms with Gasteiger partial charge in [0.05, 0.1) is 26.3 Å². The van der Waals surface area contributed by atoms with E-state index in [9.17, 15) is 43.9 Å². The number of nitrogen functional groups attached to an aromatic ring is 1. The summed E-state index contributed by atoms with van der Waals surface area (Å²) in [7, 11) is -17.5. The summed E-state index contributed by atoms with van der Waals surface area (Å²) in [6, 6.07) is 0. The molecule has 256 valence electrons. The van der Waals surface area contributed by atoms with Crippen molar-refractivity contribution in [2.75, 3.05) is 45.1 Å². The minimum Gasteiger partial charge on any atom is -0.394 e. The predicted octanol–water partition coefficient (Wildman–Crippen LogP) is -3.09. The van der Waals surface area contributed by atoms with Crippen molar-refractivity contribution in [1.82, 2.24) is 19.4 Å². The number of rotatable bonds is 14. The number of quaternary nitrogens is 1. The van der Waals surface area contributed by atoms with Crippen LogP contribution in [0, 0.1) is 0 Å². The van der Waals surface area contributed by atoms with Gasteiger partial charge in [-0.2, -0.15) is 23.1 Å². The van der Waals surface area contributed by atoms with E-state index in [2.05, 4.69) is 23.6 Å². The molecule has 4 rings (SSSR count). The minimum atomic E-state index is -5.95. The van der Waals surface area contributed by atoms with Crippen LogP contribution in [0.15, 0.2) is 11.3 Å². The first kappa shape index (κ1) is 36.4. The summed E-state index contributed by atoms with van der Waals surface area (Å²) in [5.41, 5.74) is 11.6. The van der Waals surface area contributed by atoms with Crippen molar-refractivity contribution < 1.29 is 76.3 Å². The molecule has 0 spiro atoms. The fraction of sp³-hybridized carbons (Fsp3) is 0.737. The zero-order chi connectivity index (χ0) is 33.4. The molecule has 3 aliphatic heterocycles. The van der Waals surface area contributed by atoms with Crippen LogP contribution in [0.25, 0.3) is 0 Å². The molecule has 12 N–H and O–H groups in total. The lowest BCUT2D eigenvalue weighted by atomic mass is 10.1. The third-order valence-electron chi connectivity index (χ3n) is 7.09. The lowest BCUT2D eigenvalue weighted by Crippen LogP contribution is -2.73. The number of fused-ring (bicyclic) bond motifs is 1. The second-order valence-corrected chi connectivity index (χ2v) is 14.6. The Bertz CT molecular complexity index is 1410. The van der Waals surface area contributed by atoms with Crippen molar-refractivity contribution in [2.45, 2.75) is 49.4 Å². The van der Waals surface area contributed by atoms with Gasteiger partial charge in [-0.25, -0.2) is 23.2 Å².